The van der Waals surface area contributed by atoms with Crippen LogP contribution in [0.2, 0.25) is 5.02 Å². The number of carbonyl (C=O) groups is 1. The predicted molar refractivity (Wildman–Crippen MR) is 86.1 cm³/mol. The second-order valence-corrected chi connectivity index (χ2v) is 4.93. The van der Waals surface area contributed by atoms with Crippen LogP contribution in [0.1, 0.15) is 15.9 Å². The van der Waals surface area contributed by atoms with E-state index in [1.54, 1.807) is 24.3 Å². The second-order valence-electron chi connectivity index (χ2n) is 4.50. The fourth-order valence-corrected chi connectivity index (χ4v) is 2.01. The number of carbonyl (C=O) groups excluding carboxylic acids is 1. The van der Waals surface area contributed by atoms with Gasteiger partial charge in [-0.3, -0.25) is 4.79 Å². The molecule has 1 amide bonds. The molecule has 0 heterocycles. The molecule has 2 rings (SSSR count). The number of nitrogens with zero attached hydrogens (tertiary/aromatic N) is 1. The lowest BCUT2D eigenvalue weighted by molar-refractivity contribution is -0.0512. The third-order valence-electron chi connectivity index (χ3n) is 2.87. The van der Waals surface area contributed by atoms with Gasteiger partial charge in [-0.2, -0.15) is 13.9 Å². The monoisotopic (exact) mass is 354 g/mol. The zero-order chi connectivity index (χ0) is 17.5. The fraction of sp³-hybridized carbons (Fsp3) is 0.125. The summed E-state index contributed by atoms with van der Waals surface area (Å²) in [6.07, 6.45) is 1.29. The number of halogens is 3. The number of hydrogen-bond acceptors (Lipinski definition) is 4. The Hall–Kier alpha value is -2.67. The molecular weight excluding hydrogens is 342 g/mol. The summed E-state index contributed by atoms with van der Waals surface area (Å²) in [6, 6.07) is 10.7. The zero-order valence-electron chi connectivity index (χ0n) is 12.5. The summed E-state index contributed by atoms with van der Waals surface area (Å²) >= 11 is 5.80. The summed E-state index contributed by atoms with van der Waals surface area (Å²) in [5.41, 5.74) is 3.10. The lowest BCUT2D eigenvalue weighted by Gasteiger charge is -2.10. The standard InChI is InChI=1S/C16H13ClF2N2O3/c1-23-13-6-5-10(7-14(13)24-16(18)19)9-20-21-15(22)11-3-2-4-12(17)8-11/h2-9,16H,1H3,(H,21,22)/b20-9-. The molecule has 5 nitrogen and oxygen atoms in total. The Kier molecular flexibility index (Phi) is 6.08. The van der Waals surface area contributed by atoms with Gasteiger partial charge in [0.1, 0.15) is 0 Å². The molecule has 0 aliphatic rings. The average molecular weight is 355 g/mol. The Bertz CT molecular complexity index is 754. The highest BCUT2D eigenvalue weighted by atomic mass is 35.5. The molecule has 0 aliphatic heterocycles. The molecule has 2 aromatic rings. The van der Waals surface area contributed by atoms with Gasteiger partial charge < -0.3 is 9.47 Å². The highest BCUT2D eigenvalue weighted by molar-refractivity contribution is 6.30. The molecule has 0 unspecified atom stereocenters. The van der Waals surface area contributed by atoms with E-state index >= 15 is 0 Å². The van der Waals surface area contributed by atoms with Crippen molar-refractivity contribution in [2.24, 2.45) is 5.10 Å². The Labute approximate surface area is 141 Å². The van der Waals surface area contributed by atoms with Gasteiger partial charge in [-0.15, -0.1) is 0 Å². The topological polar surface area (TPSA) is 59.9 Å². The van der Waals surface area contributed by atoms with Crippen LogP contribution in [0.25, 0.3) is 0 Å². The van der Waals surface area contributed by atoms with Gasteiger partial charge in [-0.1, -0.05) is 17.7 Å². The maximum Gasteiger partial charge on any atom is 0.387 e. The van der Waals surface area contributed by atoms with E-state index in [1.807, 2.05) is 0 Å². The molecular formula is C16H13ClF2N2O3. The van der Waals surface area contributed by atoms with Crippen LogP contribution in [0.5, 0.6) is 11.5 Å². The number of hydrazone groups is 1. The molecule has 0 saturated heterocycles. The Balaban J connectivity index is 2.07. The van der Waals surface area contributed by atoms with Crippen molar-refractivity contribution in [3.63, 3.8) is 0 Å². The molecule has 8 heteroatoms. The van der Waals surface area contributed by atoms with Crippen molar-refractivity contribution < 1.29 is 23.0 Å². The molecule has 0 saturated carbocycles. The number of hydrogen-bond donors (Lipinski definition) is 1. The molecule has 0 atom stereocenters. The Morgan fingerprint density at radius 1 is 1.25 bits per heavy atom. The van der Waals surface area contributed by atoms with Crippen LogP contribution < -0.4 is 14.9 Å². The molecule has 0 aliphatic carbocycles. The van der Waals surface area contributed by atoms with Crippen molar-refractivity contribution in [1.29, 1.82) is 0 Å². The first-order chi connectivity index (χ1) is 11.5. The minimum absolute atomic E-state index is 0.127. The summed E-state index contributed by atoms with van der Waals surface area (Å²) in [7, 11) is 1.34. The first-order valence-electron chi connectivity index (χ1n) is 6.71. The van der Waals surface area contributed by atoms with E-state index in [2.05, 4.69) is 15.3 Å². The number of alkyl halides is 2. The van der Waals surface area contributed by atoms with Crippen LogP contribution in [-0.2, 0) is 0 Å². The van der Waals surface area contributed by atoms with Gasteiger partial charge in [0.05, 0.1) is 13.3 Å². The average Bonchev–Trinajstić information content (AvgIpc) is 2.54. The van der Waals surface area contributed by atoms with E-state index in [9.17, 15) is 13.6 Å². The highest BCUT2D eigenvalue weighted by Gasteiger charge is 2.11. The largest absolute Gasteiger partial charge is 0.493 e. The van der Waals surface area contributed by atoms with E-state index in [0.29, 0.717) is 16.1 Å². The molecule has 0 aromatic heterocycles. The first-order valence-corrected chi connectivity index (χ1v) is 7.09. The summed E-state index contributed by atoms with van der Waals surface area (Å²) in [4.78, 5) is 11.9. The molecule has 24 heavy (non-hydrogen) atoms. The third kappa shape index (κ3) is 4.92. The molecule has 0 spiro atoms. The maximum absolute atomic E-state index is 12.4. The summed E-state index contributed by atoms with van der Waals surface area (Å²) in [6.45, 7) is -2.98. The quantitative estimate of drug-likeness (QED) is 0.635. The SMILES string of the molecule is COc1ccc(/C=N\NC(=O)c2cccc(Cl)c2)cc1OC(F)F. The lowest BCUT2D eigenvalue weighted by Crippen LogP contribution is -2.17. The van der Waals surface area contributed by atoms with E-state index in [0.717, 1.165) is 0 Å². The number of amides is 1. The van der Waals surface area contributed by atoms with E-state index in [1.165, 1.54) is 31.5 Å². The van der Waals surface area contributed by atoms with Gasteiger partial charge in [0.15, 0.2) is 11.5 Å². The minimum atomic E-state index is -2.98. The smallest absolute Gasteiger partial charge is 0.387 e. The van der Waals surface area contributed by atoms with E-state index in [4.69, 9.17) is 16.3 Å². The fourth-order valence-electron chi connectivity index (χ4n) is 1.82. The van der Waals surface area contributed by atoms with Crippen molar-refractivity contribution in [1.82, 2.24) is 5.43 Å². The van der Waals surface area contributed by atoms with E-state index in [-0.39, 0.29) is 11.5 Å². The minimum Gasteiger partial charge on any atom is -0.493 e. The third-order valence-corrected chi connectivity index (χ3v) is 3.11. The molecule has 0 bridgehead atoms. The van der Waals surface area contributed by atoms with Gasteiger partial charge in [-0.05, 0) is 42.0 Å². The van der Waals surface area contributed by atoms with Gasteiger partial charge in [0.2, 0.25) is 0 Å². The van der Waals surface area contributed by atoms with Crippen molar-refractivity contribution >= 4 is 23.7 Å². The van der Waals surface area contributed by atoms with Crippen LogP contribution in [0.3, 0.4) is 0 Å². The number of rotatable bonds is 6. The van der Waals surface area contributed by atoms with Gasteiger partial charge in [0.25, 0.3) is 5.91 Å². The van der Waals surface area contributed by atoms with Gasteiger partial charge >= 0.3 is 6.61 Å². The summed E-state index contributed by atoms with van der Waals surface area (Å²) in [5.74, 6) is -0.417. The van der Waals surface area contributed by atoms with Crippen LogP contribution >= 0.6 is 11.6 Å². The second kappa shape index (κ2) is 8.26. The van der Waals surface area contributed by atoms with Crippen molar-refractivity contribution in [2.75, 3.05) is 7.11 Å². The zero-order valence-corrected chi connectivity index (χ0v) is 13.3. The highest BCUT2D eigenvalue weighted by Crippen LogP contribution is 2.28. The van der Waals surface area contributed by atoms with Crippen LogP contribution in [0.4, 0.5) is 8.78 Å². The van der Waals surface area contributed by atoms with Crippen LogP contribution in [0, 0.1) is 0 Å². The van der Waals surface area contributed by atoms with Crippen LogP contribution in [0.15, 0.2) is 47.6 Å². The Morgan fingerprint density at radius 3 is 2.71 bits per heavy atom. The van der Waals surface area contributed by atoms with Crippen molar-refractivity contribution in [3.8, 4) is 11.5 Å². The summed E-state index contributed by atoms with van der Waals surface area (Å²) in [5, 5.41) is 4.20. The lowest BCUT2D eigenvalue weighted by atomic mass is 10.2. The first kappa shape index (κ1) is 17.7. The predicted octanol–water partition coefficient (Wildman–Crippen LogP) is 3.71. The molecule has 126 valence electrons. The molecule has 0 radical (unpaired) electrons. The van der Waals surface area contributed by atoms with Crippen molar-refractivity contribution in [3.05, 3.63) is 58.6 Å². The number of benzene rings is 2. The summed E-state index contributed by atoms with van der Waals surface area (Å²) < 4.78 is 34.0. The number of methoxy groups -OCH3 is 1. The Morgan fingerprint density at radius 2 is 2.04 bits per heavy atom. The van der Waals surface area contributed by atoms with Crippen LogP contribution in [-0.4, -0.2) is 25.8 Å². The van der Waals surface area contributed by atoms with E-state index < -0.39 is 12.5 Å². The van der Waals surface area contributed by atoms with Gasteiger partial charge in [-0.25, -0.2) is 5.43 Å². The normalized spacial score (nSPS) is 10.9. The molecule has 2 aromatic carbocycles. The van der Waals surface area contributed by atoms with Crippen molar-refractivity contribution in [2.45, 2.75) is 6.61 Å². The number of nitrogens with one attached hydrogen (secondary N) is 1. The number of ether oxygens (including phenoxy) is 2. The van der Waals surface area contributed by atoms with Gasteiger partial charge in [0, 0.05) is 10.6 Å². The maximum atomic E-state index is 12.4. The molecule has 0 fully saturated rings. The molecule has 1 N–H and O–H groups in total.